The highest BCUT2D eigenvalue weighted by molar-refractivity contribution is 5.83. The van der Waals surface area contributed by atoms with Crippen molar-refractivity contribution in [1.29, 1.82) is 0 Å². The van der Waals surface area contributed by atoms with E-state index in [1.807, 2.05) is 6.92 Å². The highest BCUT2D eigenvalue weighted by Crippen LogP contribution is 2.25. The molecule has 0 aliphatic carbocycles. The van der Waals surface area contributed by atoms with E-state index in [-0.39, 0.29) is 11.9 Å². The standard InChI is InChI=1S/C15H26N2O4/c1-11-4-3-7-17(13(11)14(18)19)15(20)16(2)10-12-5-8-21-9-6-12/h11-13H,3-10H2,1-2H3,(H,18,19). The van der Waals surface area contributed by atoms with Crippen molar-refractivity contribution in [3.05, 3.63) is 0 Å². The van der Waals surface area contributed by atoms with Crippen LogP contribution < -0.4 is 0 Å². The van der Waals surface area contributed by atoms with Gasteiger partial charge in [-0.1, -0.05) is 6.92 Å². The molecule has 2 atom stereocenters. The molecule has 0 aromatic heterocycles. The van der Waals surface area contributed by atoms with Crippen LogP contribution in [0.15, 0.2) is 0 Å². The largest absolute Gasteiger partial charge is 0.480 e. The van der Waals surface area contributed by atoms with E-state index in [0.29, 0.717) is 19.0 Å². The summed E-state index contributed by atoms with van der Waals surface area (Å²) in [5, 5.41) is 9.40. The molecule has 2 amide bonds. The van der Waals surface area contributed by atoms with Gasteiger partial charge in [-0.3, -0.25) is 0 Å². The monoisotopic (exact) mass is 298 g/mol. The molecule has 1 N–H and O–H groups in total. The van der Waals surface area contributed by atoms with Gasteiger partial charge in [0, 0.05) is 33.4 Å². The molecule has 2 saturated heterocycles. The van der Waals surface area contributed by atoms with Gasteiger partial charge in [-0.2, -0.15) is 0 Å². The lowest BCUT2D eigenvalue weighted by Crippen LogP contribution is -2.55. The molecule has 6 nitrogen and oxygen atoms in total. The molecule has 0 aromatic carbocycles. The number of amides is 2. The summed E-state index contributed by atoms with van der Waals surface area (Å²) in [7, 11) is 1.77. The van der Waals surface area contributed by atoms with E-state index in [2.05, 4.69) is 0 Å². The number of ether oxygens (including phenoxy) is 1. The number of hydrogen-bond acceptors (Lipinski definition) is 3. The number of nitrogens with zero attached hydrogens (tertiary/aromatic N) is 2. The molecule has 0 saturated carbocycles. The Morgan fingerprint density at radius 3 is 2.57 bits per heavy atom. The van der Waals surface area contributed by atoms with Crippen molar-refractivity contribution in [2.45, 2.75) is 38.6 Å². The number of hydrogen-bond donors (Lipinski definition) is 1. The van der Waals surface area contributed by atoms with Crippen LogP contribution in [0.2, 0.25) is 0 Å². The summed E-state index contributed by atoms with van der Waals surface area (Å²) < 4.78 is 5.33. The van der Waals surface area contributed by atoms with E-state index >= 15 is 0 Å². The van der Waals surface area contributed by atoms with Crippen molar-refractivity contribution >= 4 is 12.0 Å². The average molecular weight is 298 g/mol. The van der Waals surface area contributed by atoms with Gasteiger partial charge in [-0.25, -0.2) is 9.59 Å². The van der Waals surface area contributed by atoms with Crippen molar-refractivity contribution in [2.75, 3.05) is 33.4 Å². The minimum Gasteiger partial charge on any atom is -0.480 e. The van der Waals surface area contributed by atoms with Crippen LogP contribution in [-0.2, 0) is 9.53 Å². The molecule has 2 rings (SSSR count). The normalized spacial score (nSPS) is 27.4. The number of carbonyl (C=O) groups excluding carboxylic acids is 1. The summed E-state index contributed by atoms with van der Waals surface area (Å²) >= 11 is 0. The van der Waals surface area contributed by atoms with E-state index in [9.17, 15) is 14.7 Å². The van der Waals surface area contributed by atoms with Crippen LogP contribution in [0.25, 0.3) is 0 Å². The van der Waals surface area contributed by atoms with Gasteiger partial charge < -0.3 is 19.6 Å². The molecule has 0 radical (unpaired) electrons. The van der Waals surface area contributed by atoms with E-state index in [0.717, 1.165) is 38.9 Å². The number of aliphatic carboxylic acids is 1. The zero-order valence-corrected chi connectivity index (χ0v) is 13.0. The lowest BCUT2D eigenvalue weighted by atomic mass is 9.91. The fourth-order valence-electron chi connectivity index (χ4n) is 3.39. The first-order valence-corrected chi connectivity index (χ1v) is 7.83. The van der Waals surface area contributed by atoms with Crippen molar-refractivity contribution in [2.24, 2.45) is 11.8 Å². The molecule has 2 aliphatic rings. The molecule has 21 heavy (non-hydrogen) atoms. The summed E-state index contributed by atoms with van der Waals surface area (Å²) in [6, 6.07) is -0.844. The minimum absolute atomic E-state index is 0.0108. The Morgan fingerprint density at radius 2 is 1.95 bits per heavy atom. The van der Waals surface area contributed by atoms with Crippen LogP contribution in [0.5, 0.6) is 0 Å². The Balaban J connectivity index is 1.97. The summed E-state index contributed by atoms with van der Waals surface area (Å²) in [6.07, 6.45) is 3.68. The molecule has 6 heteroatoms. The molecule has 0 aromatic rings. The predicted molar refractivity (Wildman–Crippen MR) is 78.1 cm³/mol. The smallest absolute Gasteiger partial charge is 0.326 e. The lowest BCUT2D eigenvalue weighted by Gasteiger charge is -2.40. The summed E-state index contributed by atoms with van der Waals surface area (Å²) in [4.78, 5) is 27.3. The number of carbonyl (C=O) groups is 2. The van der Waals surface area contributed by atoms with Crippen LogP contribution in [0.3, 0.4) is 0 Å². The number of piperidine rings is 1. The van der Waals surface area contributed by atoms with Gasteiger partial charge >= 0.3 is 12.0 Å². The highest BCUT2D eigenvalue weighted by atomic mass is 16.5. The van der Waals surface area contributed by atoms with Crippen LogP contribution in [0, 0.1) is 11.8 Å². The van der Waals surface area contributed by atoms with Gasteiger partial charge in [0.2, 0.25) is 0 Å². The molecule has 2 heterocycles. The van der Waals surface area contributed by atoms with Gasteiger partial charge in [-0.15, -0.1) is 0 Å². The number of carboxylic acids is 1. The van der Waals surface area contributed by atoms with E-state index in [1.54, 1.807) is 11.9 Å². The fourth-order valence-corrected chi connectivity index (χ4v) is 3.39. The molecule has 2 aliphatic heterocycles. The maximum absolute atomic E-state index is 12.6. The average Bonchev–Trinajstić information content (AvgIpc) is 2.46. The molecule has 120 valence electrons. The Labute approximate surface area is 126 Å². The van der Waals surface area contributed by atoms with E-state index in [4.69, 9.17) is 4.74 Å². The van der Waals surface area contributed by atoms with Gasteiger partial charge in [0.05, 0.1) is 0 Å². The predicted octanol–water partition coefficient (Wildman–Crippen LogP) is 1.65. The molecule has 2 fully saturated rings. The molecular formula is C15H26N2O4. The number of urea groups is 1. The zero-order valence-electron chi connectivity index (χ0n) is 13.0. The van der Waals surface area contributed by atoms with Gasteiger partial charge in [0.15, 0.2) is 0 Å². The highest BCUT2D eigenvalue weighted by Gasteiger charge is 2.38. The fraction of sp³-hybridized carbons (Fsp3) is 0.867. The maximum atomic E-state index is 12.6. The quantitative estimate of drug-likeness (QED) is 0.860. The van der Waals surface area contributed by atoms with Crippen molar-refractivity contribution < 1.29 is 19.4 Å². The minimum atomic E-state index is -0.894. The Bertz CT molecular complexity index is 382. The Kier molecular flexibility index (Phi) is 5.45. The third kappa shape index (κ3) is 3.87. The third-order valence-corrected chi connectivity index (χ3v) is 4.63. The topological polar surface area (TPSA) is 70.1 Å². The zero-order chi connectivity index (χ0) is 15.4. The van der Waals surface area contributed by atoms with Crippen LogP contribution >= 0.6 is 0 Å². The SMILES string of the molecule is CC1CCCN(C(=O)N(C)CC2CCOCC2)C1C(=O)O. The van der Waals surface area contributed by atoms with Crippen molar-refractivity contribution in [1.82, 2.24) is 9.80 Å². The third-order valence-electron chi connectivity index (χ3n) is 4.63. The Morgan fingerprint density at radius 1 is 1.29 bits per heavy atom. The van der Waals surface area contributed by atoms with Crippen molar-refractivity contribution in [3.8, 4) is 0 Å². The van der Waals surface area contributed by atoms with Crippen LogP contribution in [-0.4, -0.2) is 66.3 Å². The first-order valence-electron chi connectivity index (χ1n) is 7.83. The maximum Gasteiger partial charge on any atom is 0.326 e. The summed E-state index contributed by atoms with van der Waals surface area (Å²) in [5.41, 5.74) is 0. The van der Waals surface area contributed by atoms with Crippen molar-refractivity contribution in [3.63, 3.8) is 0 Å². The second-order valence-electron chi connectivity index (χ2n) is 6.31. The first kappa shape index (κ1) is 16.1. The van der Waals surface area contributed by atoms with Crippen LogP contribution in [0.4, 0.5) is 4.79 Å². The second kappa shape index (κ2) is 7.11. The number of likely N-dealkylation sites (tertiary alicyclic amines) is 1. The summed E-state index contributed by atoms with van der Waals surface area (Å²) in [6.45, 7) is 4.64. The number of rotatable bonds is 3. The molecule has 0 bridgehead atoms. The Hall–Kier alpha value is -1.30. The molecular weight excluding hydrogens is 272 g/mol. The first-order chi connectivity index (χ1) is 10.0. The van der Waals surface area contributed by atoms with Gasteiger partial charge in [-0.05, 0) is 37.5 Å². The van der Waals surface area contributed by atoms with E-state index in [1.165, 1.54) is 4.90 Å². The van der Waals surface area contributed by atoms with E-state index < -0.39 is 12.0 Å². The number of carboxylic acid groups (broad SMARTS) is 1. The van der Waals surface area contributed by atoms with Gasteiger partial charge in [0.25, 0.3) is 0 Å². The van der Waals surface area contributed by atoms with Gasteiger partial charge in [0.1, 0.15) is 6.04 Å². The second-order valence-corrected chi connectivity index (χ2v) is 6.31. The lowest BCUT2D eigenvalue weighted by molar-refractivity contribution is -0.145. The summed E-state index contributed by atoms with van der Waals surface area (Å²) in [5.74, 6) is -0.426. The molecule has 2 unspecified atom stereocenters. The molecule has 0 spiro atoms. The van der Waals surface area contributed by atoms with Crippen LogP contribution in [0.1, 0.15) is 32.6 Å².